The Morgan fingerprint density at radius 3 is 2.90 bits per heavy atom. The fourth-order valence-corrected chi connectivity index (χ4v) is 2.43. The zero-order chi connectivity index (χ0) is 15.2. The number of nitrogens with one attached hydrogen (secondary N) is 2. The summed E-state index contributed by atoms with van der Waals surface area (Å²) >= 11 is 0. The van der Waals surface area contributed by atoms with Crippen LogP contribution in [0.15, 0.2) is 18.2 Å². The molecule has 2 amide bonds. The van der Waals surface area contributed by atoms with Gasteiger partial charge in [0, 0.05) is 13.2 Å². The lowest BCUT2D eigenvalue weighted by atomic mass is 10.0. The van der Waals surface area contributed by atoms with Gasteiger partial charge in [0.2, 0.25) is 0 Å². The Kier molecular flexibility index (Phi) is 5.16. The number of aryl methyl sites for hydroxylation is 1. The molecule has 3 N–H and O–H groups in total. The third kappa shape index (κ3) is 4.19. The molecule has 1 heterocycles. The molecule has 0 bridgehead atoms. The molecule has 114 valence electrons. The van der Waals surface area contributed by atoms with Gasteiger partial charge in [0.1, 0.15) is 0 Å². The molecule has 0 aromatic heterocycles. The molecule has 21 heavy (non-hydrogen) atoms. The van der Waals surface area contributed by atoms with Crippen molar-refractivity contribution in [1.82, 2.24) is 5.32 Å². The minimum atomic E-state index is -1.05. The van der Waals surface area contributed by atoms with E-state index < -0.39 is 12.0 Å². The molecule has 2 rings (SSSR count). The molecular weight excluding hydrogens is 272 g/mol. The predicted octanol–water partition coefficient (Wildman–Crippen LogP) is 2.24. The number of carbonyl (C=O) groups is 2. The quantitative estimate of drug-likeness (QED) is 0.794. The number of carboxylic acid groups (broad SMARTS) is 1. The largest absolute Gasteiger partial charge is 0.478 e. The van der Waals surface area contributed by atoms with E-state index >= 15 is 0 Å². The summed E-state index contributed by atoms with van der Waals surface area (Å²) in [7, 11) is 0. The number of aromatic carboxylic acids is 1. The Morgan fingerprint density at radius 2 is 2.24 bits per heavy atom. The Balaban J connectivity index is 1.93. The second-order valence-electron chi connectivity index (χ2n) is 5.22. The van der Waals surface area contributed by atoms with Gasteiger partial charge in [-0.15, -0.1) is 0 Å². The second-order valence-corrected chi connectivity index (χ2v) is 5.22. The highest BCUT2D eigenvalue weighted by atomic mass is 16.5. The number of urea groups is 1. The van der Waals surface area contributed by atoms with Crippen LogP contribution in [0.4, 0.5) is 10.5 Å². The number of hydrogen-bond acceptors (Lipinski definition) is 3. The van der Waals surface area contributed by atoms with Gasteiger partial charge < -0.3 is 20.5 Å². The maximum atomic E-state index is 11.9. The van der Waals surface area contributed by atoms with E-state index in [9.17, 15) is 14.7 Å². The van der Waals surface area contributed by atoms with Gasteiger partial charge in [-0.05, 0) is 37.3 Å². The molecule has 1 aliphatic heterocycles. The number of carbonyl (C=O) groups excluding carboxylic acids is 1. The van der Waals surface area contributed by atoms with Crippen LogP contribution < -0.4 is 10.6 Å². The zero-order valence-corrected chi connectivity index (χ0v) is 12.0. The van der Waals surface area contributed by atoms with Gasteiger partial charge in [-0.2, -0.15) is 0 Å². The number of rotatable bonds is 4. The van der Waals surface area contributed by atoms with Crippen LogP contribution in [0.25, 0.3) is 0 Å². The van der Waals surface area contributed by atoms with Crippen LogP contribution in [0.1, 0.15) is 28.8 Å². The van der Waals surface area contributed by atoms with E-state index in [0.717, 1.165) is 19.4 Å². The van der Waals surface area contributed by atoms with E-state index in [4.69, 9.17) is 4.74 Å². The number of hydrogen-bond donors (Lipinski definition) is 3. The lowest BCUT2D eigenvalue weighted by Gasteiger charge is -2.22. The van der Waals surface area contributed by atoms with Crippen molar-refractivity contribution in [3.8, 4) is 0 Å². The first-order chi connectivity index (χ1) is 10.1. The molecule has 1 saturated heterocycles. The van der Waals surface area contributed by atoms with E-state index in [1.54, 1.807) is 25.1 Å². The molecule has 1 atom stereocenters. The van der Waals surface area contributed by atoms with E-state index in [0.29, 0.717) is 30.3 Å². The van der Waals surface area contributed by atoms with Crippen LogP contribution in [0, 0.1) is 12.8 Å². The van der Waals surface area contributed by atoms with Crippen LogP contribution in [0.2, 0.25) is 0 Å². The number of amides is 2. The van der Waals surface area contributed by atoms with Crippen LogP contribution in [-0.2, 0) is 4.74 Å². The van der Waals surface area contributed by atoms with Crippen molar-refractivity contribution >= 4 is 17.7 Å². The molecular formula is C15H20N2O4. The molecule has 6 heteroatoms. The molecule has 0 aliphatic carbocycles. The highest BCUT2D eigenvalue weighted by molar-refractivity contribution is 6.01. The Labute approximate surface area is 123 Å². The first kappa shape index (κ1) is 15.3. The van der Waals surface area contributed by atoms with E-state index in [-0.39, 0.29) is 5.56 Å². The van der Waals surface area contributed by atoms with Crippen molar-refractivity contribution in [3.63, 3.8) is 0 Å². The maximum absolute atomic E-state index is 11.9. The van der Waals surface area contributed by atoms with Crippen molar-refractivity contribution in [2.24, 2.45) is 5.92 Å². The summed E-state index contributed by atoms with van der Waals surface area (Å²) in [6, 6.07) is 4.60. The van der Waals surface area contributed by atoms with Gasteiger partial charge in [0.05, 0.1) is 17.9 Å². The Bertz CT molecular complexity index is 524. The minimum Gasteiger partial charge on any atom is -0.478 e. The molecule has 0 saturated carbocycles. The Morgan fingerprint density at radius 1 is 1.43 bits per heavy atom. The molecule has 0 spiro atoms. The smallest absolute Gasteiger partial charge is 0.338 e. The summed E-state index contributed by atoms with van der Waals surface area (Å²) < 4.78 is 5.35. The van der Waals surface area contributed by atoms with Crippen molar-refractivity contribution < 1.29 is 19.4 Å². The normalized spacial score (nSPS) is 18.0. The monoisotopic (exact) mass is 292 g/mol. The number of benzene rings is 1. The molecule has 1 fully saturated rings. The van der Waals surface area contributed by atoms with Gasteiger partial charge in [0.15, 0.2) is 0 Å². The highest BCUT2D eigenvalue weighted by Gasteiger charge is 2.17. The van der Waals surface area contributed by atoms with Crippen molar-refractivity contribution in [1.29, 1.82) is 0 Å². The summed E-state index contributed by atoms with van der Waals surface area (Å²) in [6.45, 7) is 3.67. The van der Waals surface area contributed by atoms with E-state index in [1.807, 2.05) is 0 Å². The summed E-state index contributed by atoms with van der Waals surface area (Å²) in [4.78, 5) is 23.1. The third-order valence-electron chi connectivity index (χ3n) is 3.54. The van der Waals surface area contributed by atoms with Crippen LogP contribution in [-0.4, -0.2) is 36.9 Å². The molecule has 1 unspecified atom stereocenters. The van der Waals surface area contributed by atoms with Gasteiger partial charge in [-0.3, -0.25) is 0 Å². The minimum absolute atomic E-state index is 0.119. The fraction of sp³-hybridized carbons (Fsp3) is 0.467. The van der Waals surface area contributed by atoms with Gasteiger partial charge in [-0.25, -0.2) is 9.59 Å². The topological polar surface area (TPSA) is 87.7 Å². The first-order valence-electron chi connectivity index (χ1n) is 7.03. The summed E-state index contributed by atoms with van der Waals surface area (Å²) in [5.41, 5.74) is 1.04. The molecule has 0 radical (unpaired) electrons. The number of carboxylic acids is 1. The van der Waals surface area contributed by atoms with E-state index in [1.165, 1.54) is 0 Å². The van der Waals surface area contributed by atoms with Crippen molar-refractivity contribution in [2.45, 2.75) is 19.8 Å². The zero-order valence-electron chi connectivity index (χ0n) is 12.0. The van der Waals surface area contributed by atoms with Crippen molar-refractivity contribution in [3.05, 3.63) is 29.3 Å². The lowest BCUT2D eigenvalue weighted by molar-refractivity contribution is 0.0559. The lowest BCUT2D eigenvalue weighted by Crippen LogP contribution is -2.36. The first-order valence-corrected chi connectivity index (χ1v) is 7.03. The Hall–Kier alpha value is -2.08. The van der Waals surface area contributed by atoms with E-state index in [2.05, 4.69) is 10.6 Å². The highest BCUT2D eigenvalue weighted by Crippen LogP contribution is 2.19. The second kappa shape index (κ2) is 7.08. The maximum Gasteiger partial charge on any atom is 0.338 e. The van der Waals surface area contributed by atoms with Gasteiger partial charge in [-0.1, -0.05) is 12.1 Å². The average Bonchev–Trinajstić information content (AvgIpc) is 2.46. The van der Waals surface area contributed by atoms with Gasteiger partial charge in [0.25, 0.3) is 0 Å². The standard InChI is InChI=1S/C15H20N2O4/c1-10-4-2-6-12(13(10)14(18)19)17-15(20)16-8-11-5-3-7-21-9-11/h2,4,6,11H,3,5,7-9H2,1H3,(H,18,19)(H2,16,17,20). The van der Waals surface area contributed by atoms with Crippen LogP contribution in [0.3, 0.4) is 0 Å². The summed E-state index contributed by atoms with van der Waals surface area (Å²) in [6.07, 6.45) is 2.04. The molecule has 1 aromatic rings. The predicted molar refractivity (Wildman–Crippen MR) is 78.7 cm³/mol. The third-order valence-corrected chi connectivity index (χ3v) is 3.54. The molecule has 6 nitrogen and oxygen atoms in total. The molecule has 1 aromatic carbocycles. The fourth-order valence-electron chi connectivity index (χ4n) is 2.43. The molecule has 1 aliphatic rings. The van der Waals surface area contributed by atoms with Crippen LogP contribution >= 0.6 is 0 Å². The summed E-state index contributed by atoms with van der Waals surface area (Å²) in [5, 5.41) is 14.6. The average molecular weight is 292 g/mol. The van der Waals surface area contributed by atoms with Crippen molar-refractivity contribution in [2.75, 3.05) is 25.1 Å². The van der Waals surface area contributed by atoms with Gasteiger partial charge >= 0.3 is 12.0 Å². The number of anilines is 1. The SMILES string of the molecule is Cc1cccc(NC(=O)NCC2CCCOC2)c1C(=O)O. The summed E-state index contributed by atoms with van der Waals surface area (Å²) in [5.74, 6) is -0.731. The number of ether oxygens (including phenoxy) is 1. The van der Waals surface area contributed by atoms with Crippen LogP contribution in [0.5, 0.6) is 0 Å².